The van der Waals surface area contributed by atoms with Gasteiger partial charge in [0, 0.05) is 38.3 Å². The highest BCUT2D eigenvalue weighted by molar-refractivity contribution is 5.51. The van der Waals surface area contributed by atoms with Crippen LogP contribution in [0.4, 0.5) is 5.82 Å². The third kappa shape index (κ3) is 2.25. The molecule has 0 spiro atoms. The van der Waals surface area contributed by atoms with E-state index in [2.05, 4.69) is 28.9 Å². The average molecular weight is 263 g/mol. The molecule has 1 unspecified atom stereocenters. The highest BCUT2D eigenvalue weighted by Gasteiger charge is 2.32. The number of nitrogens with zero attached hydrogens (tertiary/aromatic N) is 4. The molecule has 1 aromatic heterocycles. The van der Waals surface area contributed by atoms with Crippen molar-refractivity contribution in [1.82, 2.24) is 14.7 Å². The molecule has 2 aliphatic heterocycles. The van der Waals surface area contributed by atoms with Crippen molar-refractivity contribution in [3.05, 3.63) is 11.3 Å². The highest BCUT2D eigenvalue weighted by atomic mass is 15.4. The van der Waals surface area contributed by atoms with Gasteiger partial charge in [-0.2, -0.15) is 5.10 Å². The number of anilines is 1. The van der Waals surface area contributed by atoms with E-state index < -0.39 is 0 Å². The Hall–Kier alpha value is -1.07. The molecule has 0 bridgehead atoms. The first-order chi connectivity index (χ1) is 9.20. The van der Waals surface area contributed by atoms with Gasteiger partial charge in [0.15, 0.2) is 0 Å². The summed E-state index contributed by atoms with van der Waals surface area (Å²) in [6.07, 6.45) is 3.64. The minimum absolute atomic E-state index is 0.697. The topological polar surface area (TPSA) is 50.3 Å². The molecular weight excluding hydrogens is 238 g/mol. The van der Waals surface area contributed by atoms with E-state index in [4.69, 9.17) is 5.73 Å². The standard InChI is InChI=1S/C14H25N5/c1-11-13(5-6-15)14(17(2)16-11)19-9-8-18-7-3-4-12(18)10-19/h12H,3-10,15H2,1-2H3. The maximum absolute atomic E-state index is 5.76. The Morgan fingerprint density at radius 1 is 1.32 bits per heavy atom. The highest BCUT2D eigenvalue weighted by Crippen LogP contribution is 2.29. The lowest BCUT2D eigenvalue weighted by Crippen LogP contribution is -2.50. The van der Waals surface area contributed by atoms with Crippen LogP contribution in [0, 0.1) is 6.92 Å². The smallest absolute Gasteiger partial charge is 0.130 e. The lowest BCUT2D eigenvalue weighted by Gasteiger charge is -2.39. The molecule has 1 aromatic rings. The first-order valence-electron chi connectivity index (χ1n) is 7.42. The Kier molecular flexibility index (Phi) is 3.50. The molecule has 3 heterocycles. The van der Waals surface area contributed by atoms with Crippen molar-refractivity contribution in [3.8, 4) is 0 Å². The molecule has 0 radical (unpaired) electrons. The van der Waals surface area contributed by atoms with E-state index in [0.29, 0.717) is 6.54 Å². The van der Waals surface area contributed by atoms with Gasteiger partial charge in [-0.25, -0.2) is 0 Å². The molecule has 2 aliphatic rings. The number of hydrogen-bond donors (Lipinski definition) is 1. The Bertz CT molecular complexity index is 453. The Morgan fingerprint density at radius 2 is 2.16 bits per heavy atom. The molecule has 19 heavy (non-hydrogen) atoms. The van der Waals surface area contributed by atoms with Crippen LogP contribution in [0.25, 0.3) is 0 Å². The fourth-order valence-electron chi connectivity index (χ4n) is 3.71. The molecule has 5 heteroatoms. The molecule has 2 fully saturated rings. The van der Waals surface area contributed by atoms with Gasteiger partial charge in [0.25, 0.3) is 0 Å². The second-order valence-corrected chi connectivity index (χ2v) is 5.83. The quantitative estimate of drug-likeness (QED) is 0.863. The number of rotatable bonds is 3. The summed E-state index contributed by atoms with van der Waals surface area (Å²) in [7, 11) is 2.06. The molecular formula is C14H25N5. The molecule has 106 valence electrons. The Morgan fingerprint density at radius 3 is 2.95 bits per heavy atom. The summed E-state index contributed by atoms with van der Waals surface area (Å²) < 4.78 is 2.05. The van der Waals surface area contributed by atoms with Gasteiger partial charge in [0.05, 0.1) is 5.69 Å². The van der Waals surface area contributed by atoms with Crippen molar-refractivity contribution >= 4 is 5.82 Å². The van der Waals surface area contributed by atoms with Crippen LogP contribution in [0.1, 0.15) is 24.1 Å². The molecule has 5 nitrogen and oxygen atoms in total. The van der Waals surface area contributed by atoms with Gasteiger partial charge in [-0.3, -0.25) is 9.58 Å². The fraction of sp³-hybridized carbons (Fsp3) is 0.786. The van der Waals surface area contributed by atoms with Crippen LogP contribution in [0.2, 0.25) is 0 Å². The molecule has 3 rings (SSSR count). The van der Waals surface area contributed by atoms with Gasteiger partial charge in [0.1, 0.15) is 5.82 Å². The largest absolute Gasteiger partial charge is 0.354 e. The predicted octanol–water partition coefficient (Wildman–Crippen LogP) is 0.514. The Balaban J connectivity index is 1.85. The van der Waals surface area contributed by atoms with E-state index in [1.165, 1.54) is 37.3 Å². The predicted molar refractivity (Wildman–Crippen MR) is 77.5 cm³/mol. The summed E-state index contributed by atoms with van der Waals surface area (Å²) in [4.78, 5) is 5.17. The summed E-state index contributed by atoms with van der Waals surface area (Å²) in [6.45, 7) is 7.54. The maximum Gasteiger partial charge on any atom is 0.130 e. The lowest BCUT2D eigenvalue weighted by atomic mass is 10.1. The van der Waals surface area contributed by atoms with Crippen molar-refractivity contribution in [2.75, 3.05) is 37.6 Å². The molecule has 1 atom stereocenters. The van der Waals surface area contributed by atoms with Crippen LogP contribution in [-0.4, -0.2) is 53.4 Å². The van der Waals surface area contributed by atoms with E-state index in [0.717, 1.165) is 31.2 Å². The normalized spacial score (nSPS) is 23.9. The van der Waals surface area contributed by atoms with E-state index >= 15 is 0 Å². The van der Waals surface area contributed by atoms with Gasteiger partial charge >= 0.3 is 0 Å². The molecule has 2 N–H and O–H groups in total. The van der Waals surface area contributed by atoms with Crippen LogP contribution in [0.15, 0.2) is 0 Å². The van der Waals surface area contributed by atoms with Crippen molar-refractivity contribution in [3.63, 3.8) is 0 Å². The molecule has 2 saturated heterocycles. The van der Waals surface area contributed by atoms with E-state index in [1.807, 2.05) is 4.68 Å². The zero-order chi connectivity index (χ0) is 13.4. The van der Waals surface area contributed by atoms with E-state index in [1.54, 1.807) is 0 Å². The van der Waals surface area contributed by atoms with Crippen LogP contribution < -0.4 is 10.6 Å². The Labute approximate surface area is 115 Å². The van der Waals surface area contributed by atoms with Gasteiger partial charge in [0.2, 0.25) is 0 Å². The minimum atomic E-state index is 0.697. The number of fused-ring (bicyclic) bond motifs is 1. The molecule has 0 aromatic carbocycles. The van der Waals surface area contributed by atoms with Gasteiger partial charge in [-0.15, -0.1) is 0 Å². The summed E-state index contributed by atoms with van der Waals surface area (Å²) in [5.74, 6) is 1.30. The average Bonchev–Trinajstić information content (AvgIpc) is 2.94. The van der Waals surface area contributed by atoms with Gasteiger partial charge in [-0.1, -0.05) is 0 Å². The second-order valence-electron chi connectivity index (χ2n) is 5.83. The first kappa shape index (κ1) is 12.9. The number of aromatic nitrogens is 2. The zero-order valence-electron chi connectivity index (χ0n) is 12.1. The summed E-state index contributed by atoms with van der Waals surface area (Å²) in [5, 5.41) is 4.60. The molecule has 0 aliphatic carbocycles. The number of hydrogen-bond acceptors (Lipinski definition) is 4. The van der Waals surface area contributed by atoms with E-state index in [9.17, 15) is 0 Å². The van der Waals surface area contributed by atoms with Crippen LogP contribution >= 0.6 is 0 Å². The van der Waals surface area contributed by atoms with Crippen molar-refractivity contribution in [1.29, 1.82) is 0 Å². The second kappa shape index (κ2) is 5.13. The van der Waals surface area contributed by atoms with Crippen LogP contribution in [-0.2, 0) is 13.5 Å². The molecule has 0 saturated carbocycles. The van der Waals surface area contributed by atoms with Crippen LogP contribution in [0.3, 0.4) is 0 Å². The first-order valence-corrected chi connectivity index (χ1v) is 7.42. The fourth-order valence-corrected chi connectivity index (χ4v) is 3.71. The van der Waals surface area contributed by atoms with Gasteiger partial charge in [-0.05, 0) is 39.3 Å². The monoisotopic (exact) mass is 263 g/mol. The SMILES string of the molecule is Cc1nn(C)c(N2CCN3CCCC3C2)c1CCN. The zero-order valence-corrected chi connectivity index (χ0v) is 12.1. The van der Waals surface area contributed by atoms with Crippen molar-refractivity contribution < 1.29 is 0 Å². The van der Waals surface area contributed by atoms with E-state index in [-0.39, 0.29) is 0 Å². The van der Waals surface area contributed by atoms with Crippen molar-refractivity contribution in [2.24, 2.45) is 12.8 Å². The number of piperazine rings is 1. The molecule has 0 amide bonds. The van der Waals surface area contributed by atoms with Crippen molar-refractivity contribution in [2.45, 2.75) is 32.2 Å². The van der Waals surface area contributed by atoms with Crippen LogP contribution in [0.5, 0.6) is 0 Å². The third-order valence-electron chi connectivity index (χ3n) is 4.59. The minimum Gasteiger partial charge on any atom is -0.354 e. The number of nitrogens with two attached hydrogens (primary N) is 1. The summed E-state index contributed by atoms with van der Waals surface area (Å²) in [6, 6.07) is 0.745. The van der Waals surface area contributed by atoms with Gasteiger partial charge < -0.3 is 10.6 Å². The number of aryl methyl sites for hydroxylation is 2. The summed E-state index contributed by atoms with van der Waals surface area (Å²) >= 11 is 0. The lowest BCUT2D eigenvalue weighted by molar-refractivity contribution is 0.229. The maximum atomic E-state index is 5.76. The third-order valence-corrected chi connectivity index (χ3v) is 4.59. The summed E-state index contributed by atoms with van der Waals surface area (Å²) in [5.41, 5.74) is 8.24.